The van der Waals surface area contributed by atoms with E-state index in [4.69, 9.17) is 16.2 Å². The maximum atomic E-state index is 13.7. The van der Waals surface area contributed by atoms with Crippen molar-refractivity contribution in [3.05, 3.63) is 0 Å². The van der Waals surface area contributed by atoms with Gasteiger partial charge in [0.1, 0.15) is 5.67 Å². The molecule has 1 atom stereocenters. The third-order valence-electron chi connectivity index (χ3n) is 2.60. The third-order valence-corrected chi connectivity index (χ3v) is 2.60. The van der Waals surface area contributed by atoms with Gasteiger partial charge in [0, 0.05) is 26.1 Å². The van der Waals surface area contributed by atoms with Crippen LogP contribution in [0.15, 0.2) is 0 Å². The number of nitrogens with two attached hydrogens (primary N) is 2. The van der Waals surface area contributed by atoms with Crippen LogP contribution in [0.25, 0.3) is 0 Å². The van der Waals surface area contributed by atoms with Crippen molar-refractivity contribution in [3.63, 3.8) is 0 Å². The second-order valence-electron chi connectivity index (χ2n) is 3.75. The Morgan fingerprint density at radius 3 is 2.20 bits per heavy atom. The molecule has 0 amide bonds. The van der Waals surface area contributed by atoms with Crippen LogP contribution in [0.5, 0.6) is 0 Å². The van der Waals surface area contributed by atoms with Crippen molar-refractivity contribution in [1.29, 1.82) is 0 Å². The van der Waals surface area contributed by atoms with Crippen LogP contribution < -0.4 is 11.5 Å². The van der Waals surface area contributed by atoms with E-state index in [1.807, 2.05) is 0 Å². The second-order valence-corrected chi connectivity index (χ2v) is 3.75. The Morgan fingerprint density at radius 1 is 1.20 bits per heavy atom. The van der Waals surface area contributed by atoms with Gasteiger partial charge in [-0.1, -0.05) is 0 Å². The van der Waals surface area contributed by atoms with Gasteiger partial charge in [0.15, 0.2) is 0 Å². The Kier molecular flexibility index (Phi) is 10.1. The molecule has 0 aromatic rings. The minimum atomic E-state index is -1.43. The first kappa shape index (κ1) is 17.8. The van der Waals surface area contributed by atoms with Crippen molar-refractivity contribution in [1.82, 2.24) is 0 Å². The standard InChI is InChI=1S/C9H19FN2O.2ClH/c10-9(6-11,7-12)5-8-3-1-2-4-13-8;;/h8H,1-7,11-12H2;2*1H. The normalized spacial score (nSPS) is 21.4. The van der Waals surface area contributed by atoms with Gasteiger partial charge in [-0.15, -0.1) is 24.8 Å². The van der Waals surface area contributed by atoms with E-state index in [1.165, 1.54) is 0 Å². The summed E-state index contributed by atoms with van der Waals surface area (Å²) in [6.07, 6.45) is 3.51. The highest BCUT2D eigenvalue weighted by atomic mass is 35.5. The summed E-state index contributed by atoms with van der Waals surface area (Å²) in [5.74, 6) is 0. The molecule has 15 heavy (non-hydrogen) atoms. The lowest BCUT2D eigenvalue weighted by atomic mass is 9.94. The molecular formula is C9H21Cl2FN2O. The smallest absolute Gasteiger partial charge is 0.137 e. The van der Waals surface area contributed by atoms with Crippen molar-refractivity contribution >= 4 is 24.8 Å². The maximum Gasteiger partial charge on any atom is 0.137 e. The Morgan fingerprint density at radius 2 is 1.80 bits per heavy atom. The number of halogens is 3. The van der Waals surface area contributed by atoms with Crippen LogP contribution >= 0.6 is 24.8 Å². The molecule has 0 aromatic heterocycles. The number of alkyl halides is 1. The highest BCUT2D eigenvalue weighted by molar-refractivity contribution is 5.85. The average Bonchev–Trinajstić information content (AvgIpc) is 2.19. The summed E-state index contributed by atoms with van der Waals surface area (Å²) in [5.41, 5.74) is 9.22. The highest BCUT2D eigenvalue weighted by Crippen LogP contribution is 2.23. The third kappa shape index (κ3) is 5.88. The molecule has 6 heteroatoms. The molecular weight excluding hydrogens is 242 g/mol. The molecule has 0 aromatic carbocycles. The Balaban J connectivity index is 0. The van der Waals surface area contributed by atoms with Crippen molar-refractivity contribution in [2.75, 3.05) is 19.7 Å². The largest absolute Gasteiger partial charge is 0.378 e. The number of ether oxygens (including phenoxy) is 1. The summed E-state index contributed by atoms with van der Waals surface area (Å²) < 4.78 is 19.1. The van der Waals surface area contributed by atoms with Crippen molar-refractivity contribution < 1.29 is 9.13 Å². The minimum Gasteiger partial charge on any atom is -0.378 e. The minimum absolute atomic E-state index is 0. The Labute approximate surface area is 103 Å². The van der Waals surface area contributed by atoms with Gasteiger partial charge in [-0.2, -0.15) is 0 Å². The van der Waals surface area contributed by atoms with Gasteiger partial charge in [-0.25, -0.2) is 4.39 Å². The van der Waals surface area contributed by atoms with E-state index in [2.05, 4.69) is 0 Å². The number of hydrogen-bond donors (Lipinski definition) is 2. The van der Waals surface area contributed by atoms with Gasteiger partial charge >= 0.3 is 0 Å². The van der Waals surface area contributed by atoms with Crippen molar-refractivity contribution in [3.8, 4) is 0 Å². The SMILES string of the molecule is Cl.Cl.NCC(F)(CN)CC1CCCCO1. The predicted octanol–water partition coefficient (Wildman–Crippen LogP) is 1.41. The molecule has 4 N–H and O–H groups in total. The van der Waals surface area contributed by atoms with Gasteiger partial charge in [0.2, 0.25) is 0 Å². The summed E-state index contributed by atoms with van der Waals surface area (Å²) in [5, 5.41) is 0. The molecule has 94 valence electrons. The summed E-state index contributed by atoms with van der Waals surface area (Å²) in [6, 6.07) is 0. The fourth-order valence-electron chi connectivity index (χ4n) is 1.63. The molecule has 0 aliphatic carbocycles. The first-order valence-corrected chi connectivity index (χ1v) is 4.91. The molecule has 1 fully saturated rings. The zero-order chi connectivity index (χ0) is 9.73. The summed E-state index contributed by atoms with van der Waals surface area (Å²) in [4.78, 5) is 0. The summed E-state index contributed by atoms with van der Waals surface area (Å²) >= 11 is 0. The van der Waals surface area contributed by atoms with Crippen molar-refractivity contribution in [2.24, 2.45) is 11.5 Å². The quantitative estimate of drug-likeness (QED) is 0.806. The van der Waals surface area contributed by atoms with Gasteiger partial charge in [0.05, 0.1) is 6.10 Å². The maximum absolute atomic E-state index is 13.7. The molecule has 1 aliphatic heterocycles. The van der Waals surface area contributed by atoms with Gasteiger partial charge < -0.3 is 16.2 Å². The van der Waals surface area contributed by atoms with Crippen molar-refractivity contribution in [2.45, 2.75) is 37.5 Å². The van der Waals surface area contributed by atoms with Gasteiger partial charge in [0.25, 0.3) is 0 Å². The van der Waals surface area contributed by atoms with Crippen LogP contribution in [-0.4, -0.2) is 31.5 Å². The van der Waals surface area contributed by atoms with Gasteiger partial charge in [-0.05, 0) is 19.3 Å². The predicted molar refractivity (Wildman–Crippen MR) is 64.7 cm³/mol. The fraction of sp³-hybridized carbons (Fsp3) is 1.00. The lowest BCUT2D eigenvalue weighted by Crippen LogP contribution is -2.44. The Hall–Kier alpha value is 0.390. The van der Waals surface area contributed by atoms with E-state index in [9.17, 15) is 4.39 Å². The monoisotopic (exact) mass is 262 g/mol. The summed E-state index contributed by atoms with van der Waals surface area (Å²) in [7, 11) is 0. The van der Waals surface area contributed by atoms with Crippen LogP contribution in [-0.2, 0) is 4.74 Å². The molecule has 1 saturated heterocycles. The lowest BCUT2D eigenvalue weighted by molar-refractivity contribution is -0.0208. The van der Waals surface area contributed by atoms with E-state index >= 15 is 0 Å². The highest BCUT2D eigenvalue weighted by Gasteiger charge is 2.31. The van der Waals surface area contributed by atoms with Crippen LogP contribution in [0.1, 0.15) is 25.7 Å². The van der Waals surface area contributed by atoms with E-state index in [0.717, 1.165) is 25.9 Å². The second kappa shape index (κ2) is 8.53. The average molecular weight is 263 g/mol. The van der Waals surface area contributed by atoms with Crippen LogP contribution in [0.3, 0.4) is 0 Å². The van der Waals surface area contributed by atoms with Gasteiger partial charge in [-0.3, -0.25) is 0 Å². The molecule has 0 spiro atoms. The Bertz CT molecular complexity index is 153. The molecule has 3 nitrogen and oxygen atoms in total. The van der Waals surface area contributed by atoms with E-state index < -0.39 is 5.67 Å². The van der Waals surface area contributed by atoms with Crippen LogP contribution in [0, 0.1) is 0 Å². The molecule has 1 unspecified atom stereocenters. The molecule has 0 radical (unpaired) electrons. The van der Waals surface area contributed by atoms with Crippen LogP contribution in [0.4, 0.5) is 4.39 Å². The topological polar surface area (TPSA) is 61.3 Å². The first-order chi connectivity index (χ1) is 6.20. The summed E-state index contributed by atoms with van der Waals surface area (Å²) in [6.45, 7) is 0.725. The lowest BCUT2D eigenvalue weighted by Gasteiger charge is -2.29. The molecule has 0 saturated carbocycles. The zero-order valence-electron chi connectivity index (χ0n) is 8.78. The van der Waals surface area contributed by atoms with E-state index in [1.54, 1.807) is 0 Å². The molecule has 1 heterocycles. The molecule has 1 aliphatic rings. The number of rotatable bonds is 4. The zero-order valence-corrected chi connectivity index (χ0v) is 10.4. The van der Waals surface area contributed by atoms with E-state index in [0.29, 0.717) is 6.42 Å². The molecule has 0 bridgehead atoms. The van der Waals surface area contributed by atoms with E-state index in [-0.39, 0.29) is 44.0 Å². The molecule has 1 rings (SSSR count). The number of hydrogen-bond acceptors (Lipinski definition) is 3. The first-order valence-electron chi connectivity index (χ1n) is 4.91. The fourth-order valence-corrected chi connectivity index (χ4v) is 1.63. The van der Waals surface area contributed by atoms with Crippen LogP contribution in [0.2, 0.25) is 0 Å².